The number of piperidine rings is 1. The van der Waals surface area contributed by atoms with E-state index in [1.165, 1.54) is 12.8 Å². The molecule has 78 valence electrons. The van der Waals surface area contributed by atoms with E-state index >= 15 is 0 Å². The van der Waals surface area contributed by atoms with Crippen LogP contribution in [0.1, 0.15) is 26.7 Å². The highest BCUT2D eigenvalue weighted by molar-refractivity contribution is 4.74. The average molecular weight is 187 g/mol. The Morgan fingerprint density at radius 1 is 1.31 bits per heavy atom. The summed E-state index contributed by atoms with van der Waals surface area (Å²) in [5, 5.41) is 3.41. The summed E-state index contributed by atoms with van der Waals surface area (Å²) in [6.07, 6.45) is 2.80. The summed E-state index contributed by atoms with van der Waals surface area (Å²) >= 11 is 0. The molecule has 0 aliphatic carbocycles. The molecule has 1 saturated heterocycles. The van der Waals surface area contributed by atoms with Crippen molar-refractivity contribution in [1.29, 1.82) is 0 Å². The summed E-state index contributed by atoms with van der Waals surface area (Å²) in [7, 11) is 0. The number of ether oxygens (including phenoxy) is 2. The Labute approximate surface area is 80.8 Å². The van der Waals surface area contributed by atoms with Gasteiger partial charge < -0.3 is 14.8 Å². The smallest absolute Gasteiger partial charge is 0.0704 e. The summed E-state index contributed by atoms with van der Waals surface area (Å²) in [6, 6.07) is 0.659. The van der Waals surface area contributed by atoms with Gasteiger partial charge >= 0.3 is 0 Å². The number of hydrogen-bond donors (Lipinski definition) is 1. The molecule has 1 aliphatic heterocycles. The lowest BCUT2D eigenvalue weighted by atomic mass is 10.0. The van der Waals surface area contributed by atoms with Crippen LogP contribution in [0.5, 0.6) is 0 Å². The molecule has 3 nitrogen and oxygen atoms in total. The summed E-state index contributed by atoms with van der Waals surface area (Å²) in [5.74, 6) is 0. The molecule has 0 aromatic carbocycles. The number of nitrogens with one attached hydrogen (secondary N) is 1. The molecular weight excluding hydrogens is 166 g/mol. The van der Waals surface area contributed by atoms with Crippen molar-refractivity contribution >= 4 is 0 Å². The van der Waals surface area contributed by atoms with Gasteiger partial charge in [0.25, 0.3) is 0 Å². The molecule has 1 N–H and O–H groups in total. The first-order valence-corrected chi connectivity index (χ1v) is 5.25. The predicted octanol–water partition coefficient (Wildman–Crippen LogP) is 1.18. The molecule has 3 heteroatoms. The van der Waals surface area contributed by atoms with Gasteiger partial charge in [-0.1, -0.05) is 0 Å². The third kappa shape index (κ3) is 4.60. The van der Waals surface area contributed by atoms with Crippen LogP contribution >= 0.6 is 0 Å². The van der Waals surface area contributed by atoms with Crippen LogP contribution in [0, 0.1) is 0 Å². The Morgan fingerprint density at radius 2 is 2.15 bits per heavy atom. The lowest BCUT2D eigenvalue weighted by Crippen LogP contribution is -2.41. The predicted molar refractivity (Wildman–Crippen MR) is 52.9 cm³/mol. The monoisotopic (exact) mass is 187 g/mol. The van der Waals surface area contributed by atoms with E-state index in [1.54, 1.807) is 0 Å². The van der Waals surface area contributed by atoms with Crippen LogP contribution in [0.15, 0.2) is 0 Å². The quantitative estimate of drug-likeness (QED) is 0.656. The minimum atomic E-state index is 0.400. The molecule has 2 unspecified atom stereocenters. The van der Waals surface area contributed by atoms with Crippen molar-refractivity contribution in [2.75, 3.05) is 26.4 Å². The van der Waals surface area contributed by atoms with E-state index in [4.69, 9.17) is 9.47 Å². The first kappa shape index (κ1) is 11.0. The fourth-order valence-electron chi connectivity index (χ4n) is 1.53. The van der Waals surface area contributed by atoms with E-state index in [0.29, 0.717) is 12.1 Å². The Balaban J connectivity index is 1.96. The van der Waals surface area contributed by atoms with Crippen molar-refractivity contribution in [3.05, 3.63) is 0 Å². The van der Waals surface area contributed by atoms with Gasteiger partial charge in [0.1, 0.15) is 0 Å². The molecule has 0 radical (unpaired) electrons. The zero-order chi connectivity index (χ0) is 9.52. The van der Waals surface area contributed by atoms with E-state index in [9.17, 15) is 0 Å². The molecular formula is C10H21NO2. The van der Waals surface area contributed by atoms with Crippen LogP contribution in [-0.4, -0.2) is 38.5 Å². The zero-order valence-corrected chi connectivity index (χ0v) is 8.71. The van der Waals surface area contributed by atoms with Crippen molar-refractivity contribution in [3.8, 4) is 0 Å². The summed E-state index contributed by atoms with van der Waals surface area (Å²) < 4.78 is 10.8. The second-order valence-corrected chi connectivity index (χ2v) is 3.58. The summed E-state index contributed by atoms with van der Waals surface area (Å²) in [4.78, 5) is 0. The Bertz CT molecular complexity index is 122. The van der Waals surface area contributed by atoms with Crippen molar-refractivity contribution in [3.63, 3.8) is 0 Å². The lowest BCUT2D eigenvalue weighted by molar-refractivity contribution is -0.00569. The lowest BCUT2D eigenvalue weighted by Gasteiger charge is -2.27. The van der Waals surface area contributed by atoms with Gasteiger partial charge in [-0.05, 0) is 26.7 Å². The van der Waals surface area contributed by atoms with Crippen molar-refractivity contribution in [2.24, 2.45) is 0 Å². The van der Waals surface area contributed by atoms with Crippen LogP contribution in [-0.2, 0) is 9.47 Å². The molecule has 0 saturated carbocycles. The normalized spacial score (nSPS) is 29.1. The van der Waals surface area contributed by atoms with E-state index in [-0.39, 0.29) is 0 Å². The highest BCUT2D eigenvalue weighted by Crippen LogP contribution is 2.10. The molecule has 0 aromatic heterocycles. The molecule has 1 rings (SSSR count). The number of hydrogen-bond acceptors (Lipinski definition) is 3. The Hall–Kier alpha value is -0.120. The maximum atomic E-state index is 5.65. The van der Waals surface area contributed by atoms with Gasteiger partial charge in [-0.2, -0.15) is 0 Å². The van der Waals surface area contributed by atoms with Crippen LogP contribution in [0.2, 0.25) is 0 Å². The van der Waals surface area contributed by atoms with Gasteiger partial charge in [-0.3, -0.25) is 0 Å². The van der Waals surface area contributed by atoms with E-state index < -0.39 is 0 Å². The first-order valence-electron chi connectivity index (χ1n) is 5.25. The van der Waals surface area contributed by atoms with Crippen LogP contribution in [0.4, 0.5) is 0 Å². The number of rotatable bonds is 5. The maximum Gasteiger partial charge on any atom is 0.0704 e. The molecule has 1 heterocycles. The van der Waals surface area contributed by atoms with E-state index in [2.05, 4.69) is 12.2 Å². The summed E-state index contributed by atoms with van der Waals surface area (Å²) in [6.45, 7) is 7.45. The molecule has 2 atom stereocenters. The van der Waals surface area contributed by atoms with Gasteiger partial charge in [-0.25, -0.2) is 0 Å². The van der Waals surface area contributed by atoms with Gasteiger partial charge in [0.05, 0.1) is 19.3 Å². The van der Waals surface area contributed by atoms with Crippen LogP contribution in [0.25, 0.3) is 0 Å². The highest BCUT2D eigenvalue weighted by Gasteiger charge is 2.17. The topological polar surface area (TPSA) is 30.5 Å². The molecule has 1 fully saturated rings. The minimum Gasteiger partial charge on any atom is -0.379 e. The second kappa shape index (κ2) is 6.35. The molecule has 0 amide bonds. The third-order valence-corrected chi connectivity index (χ3v) is 2.40. The first-order chi connectivity index (χ1) is 6.33. The average Bonchev–Trinajstić information content (AvgIpc) is 2.15. The Kier molecular flexibility index (Phi) is 5.35. The second-order valence-electron chi connectivity index (χ2n) is 3.58. The molecule has 0 aromatic rings. The SMILES string of the molecule is CCOCCOC1CCC(C)NC1. The Morgan fingerprint density at radius 3 is 2.77 bits per heavy atom. The largest absolute Gasteiger partial charge is 0.379 e. The molecule has 0 bridgehead atoms. The maximum absolute atomic E-state index is 5.65. The van der Waals surface area contributed by atoms with Gasteiger partial charge in [0.2, 0.25) is 0 Å². The zero-order valence-electron chi connectivity index (χ0n) is 8.71. The summed E-state index contributed by atoms with van der Waals surface area (Å²) in [5.41, 5.74) is 0. The van der Waals surface area contributed by atoms with E-state index in [1.807, 2.05) is 6.92 Å². The van der Waals surface area contributed by atoms with Crippen molar-refractivity contribution in [1.82, 2.24) is 5.32 Å². The molecule has 13 heavy (non-hydrogen) atoms. The van der Waals surface area contributed by atoms with Gasteiger partial charge in [0, 0.05) is 19.2 Å². The van der Waals surface area contributed by atoms with Gasteiger partial charge in [0.15, 0.2) is 0 Å². The van der Waals surface area contributed by atoms with Crippen LogP contribution < -0.4 is 5.32 Å². The minimum absolute atomic E-state index is 0.400. The highest BCUT2D eigenvalue weighted by atomic mass is 16.5. The van der Waals surface area contributed by atoms with Gasteiger partial charge in [-0.15, -0.1) is 0 Å². The molecule has 1 aliphatic rings. The van der Waals surface area contributed by atoms with Crippen molar-refractivity contribution in [2.45, 2.75) is 38.8 Å². The van der Waals surface area contributed by atoms with Crippen molar-refractivity contribution < 1.29 is 9.47 Å². The third-order valence-electron chi connectivity index (χ3n) is 2.40. The standard InChI is InChI=1S/C10H21NO2/c1-3-12-6-7-13-10-5-4-9(2)11-8-10/h9-11H,3-8H2,1-2H3. The fourth-order valence-corrected chi connectivity index (χ4v) is 1.53. The van der Waals surface area contributed by atoms with E-state index in [0.717, 1.165) is 26.4 Å². The molecule has 0 spiro atoms. The van der Waals surface area contributed by atoms with Crippen LogP contribution in [0.3, 0.4) is 0 Å². The fraction of sp³-hybridized carbons (Fsp3) is 1.00.